The number of nitrogens with zero attached hydrogens (tertiary/aromatic N) is 2. The first-order valence-electron chi connectivity index (χ1n) is 10.4. The quantitative estimate of drug-likeness (QED) is 0.578. The highest BCUT2D eigenvalue weighted by Gasteiger charge is 2.31. The smallest absolute Gasteiger partial charge is 0.0518 e. The van der Waals surface area contributed by atoms with Crippen molar-refractivity contribution in [1.29, 1.82) is 0 Å². The highest BCUT2D eigenvalue weighted by Crippen LogP contribution is 2.40. The summed E-state index contributed by atoms with van der Waals surface area (Å²) in [5.41, 5.74) is 9.45. The summed E-state index contributed by atoms with van der Waals surface area (Å²) in [5, 5.41) is 1.52. The van der Waals surface area contributed by atoms with Crippen LogP contribution in [-0.4, -0.2) is 23.1 Å². The third-order valence-electron chi connectivity index (χ3n) is 7.06. The van der Waals surface area contributed by atoms with Crippen LogP contribution in [0, 0.1) is 6.92 Å². The first-order valence-corrected chi connectivity index (χ1v) is 10.4. The second-order valence-electron chi connectivity index (χ2n) is 9.06. The zero-order chi connectivity index (χ0) is 18.6. The Morgan fingerprint density at radius 1 is 0.963 bits per heavy atom. The van der Waals surface area contributed by atoms with Gasteiger partial charge in [-0.2, -0.15) is 0 Å². The molecule has 0 N–H and O–H groups in total. The predicted molar refractivity (Wildman–Crippen MR) is 113 cm³/mol. The molecule has 0 fully saturated rings. The summed E-state index contributed by atoms with van der Waals surface area (Å²) in [6.07, 6.45) is 4.80. The maximum atomic E-state index is 2.70. The molecule has 3 aromatic rings. The van der Waals surface area contributed by atoms with Gasteiger partial charge in [0, 0.05) is 37.1 Å². The van der Waals surface area contributed by atoms with Gasteiger partial charge in [-0.3, -0.25) is 0 Å². The van der Waals surface area contributed by atoms with Crippen LogP contribution >= 0.6 is 0 Å². The van der Waals surface area contributed by atoms with E-state index in [9.17, 15) is 0 Å². The van der Waals surface area contributed by atoms with Crippen LogP contribution in [0.4, 0.5) is 0 Å². The van der Waals surface area contributed by atoms with Gasteiger partial charge in [0.2, 0.25) is 0 Å². The van der Waals surface area contributed by atoms with Gasteiger partial charge in [0.25, 0.3) is 0 Å². The maximum Gasteiger partial charge on any atom is 0.0518 e. The van der Waals surface area contributed by atoms with Crippen LogP contribution in [0.3, 0.4) is 0 Å². The van der Waals surface area contributed by atoms with E-state index >= 15 is 0 Å². The highest BCUT2D eigenvalue weighted by atomic mass is 15.1. The molecule has 3 heterocycles. The van der Waals surface area contributed by atoms with Crippen LogP contribution in [0.2, 0.25) is 0 Å². The third kappa shape index (κ3) is 2.73. The summed E-state index contributed by atoms with van der Waals surface area (Å²) >= 11 is 0. The third-order valence-corrected chi connectivity index (χ3v) is 7.06. The van der Waals surface area contributed by atoms with Gasteiger partial charge in [-0.25, -0.2) is 0 Å². The molecule has 27 heavy (non-hydrogen) atoms. The zero-order valence-corrected chi connectivity index (χ0v) is 16.9. The molecule has 2 nitrogen and oxygen atoms in total. The van der Waals surface area contributed by atoms with E-state index in [1.54, 1.807) is 16.8 Å². The van der Waals surface area contributed by atoms with Crippen LogP contribution in [0.25, 0.3) is 10.9 Å². The SMILES string of the molecule is Cc1cc2c3c(c1)c1c(n3CCC(C)(c3ccccc3)CC2)CCN(C)C1. The van der Waals surface area contributed by atoms with E-state index in [0.29, 0.717) is 0 Å². The number of aromatic nitrogens is 1. The molecular formula is C25H30N2. The molecule has 1 unspecified atom stereocenters. The molecular weight excluding hydrogens is 328 g/mol. The summed E-state index contributed by atoms with van der Waals surface area (Å²) in [7, 11) is 2.26. The van der Waals surface area contributed by atoms with Crippen LogP contribution < -0.4 is 0 Å². The van der Waals surface area contributed by atoms with E-state index in [0.717, 1.165) is 13.1 Å². The Bertz CT molecular complexity index is 998. The summed E-state index contributed by atoms with van der Waals surface area (Å²) in [6.45, 7) is 8.15. The molecule has 2 aliphatic heterocycles. The monoisotopic (exact) mass is 358 g/mol. The van der Waals surface area contributed by atoms with Crippen molar-refractivity contribution in [3.8, 4) is 0 Å². The first-order chi connectivity index (χ1) is 13.0. The first kappa shape index (κ1) is 17.1. The van der Waals surface area contributed by atoms with Crippen molar-refractivity contribution in [3.63, 3.8) is 0 Å². The number of likely N-dealkylation sites (N-methyl/N-ethyl adjacent to an activating group) is 1. The Labute approximate surface area is 162 Å². The molecule has 1 atom stereocenters. The molecule has 0 aliphatic carbocycles. The van der Waals surface area contributed by atoms with Gasteiger partial charge >= 0.3 is 0 Å². The number of hydrogen-bond acceptors (Lipinski definition) is 1. The second-order valence-corrected chi connectivity index (χ2v) is 9.06. The van der Waals surface area contributed by atoms with Gasteiger partial charge in [0.15, 0.2) is 0 Å². The normalized spacial score (nSPS) is 23.1. The lowest BCUT2D eigenvalue weighted by atomic mass is 9.74. The van der Waals surface area contributed by atoms with Crippen molar-refractivity contribution >= 4 is 10.9 Å². The van der Waals surface area contributed by atoms with Crippen molar-refractivity contribution in [3.05, 3.63) is 70.4 Å². The minimum atomic E-state index is 0.248. The second kappa shape index (κ2) is 6.24. The van der Waals surface area contributed by atoms with E-state index in [1.807, 2.05) is 0 Å². The van der Waals surface area contributed by atoms with E-state index < -0.39 is 0 Å². The van der Waals surface area contributed by atoms with E-state index in [-0.39, 0.29) is 5.41 Å². The van der Waals surface area contributed by atoms with Crippen molar-refractivity contribution < 1.29 is 0 Å². The molecule has 0 bridgehead atoms. The average molecular weight is 359 g/mol. The topological polar surface area (TPSA) is 8.17 Å². The fourth-order valence-electron chi connectivity index (χ4n) is 5.42. The Kier molecular flexibility index (Phi) is 3.94. The highest BCUT2D eigenvalue weighted by molar-refractivity contribution is 5.89. The van der Waals surface area contributed by atoms with Crippen LogP contribution in [-0.2, 0) is 31.3 Å². The predicted octanol–water partition coefficient (Wildman–Crippen LogP) is 5.23. The van der Waals surface area contributed by atoms with Gasteiger partial charge in [-0.05, 0) is 61.4 Å². The summed E-state index contributed by atoms with van der Waals surface area (Å²) < 4.78 is 2.70. The van der Waals surface area contributed by atoms with Gasteiger partial charge in [-0.15, -0.1) is 0 Å². The molecule has 5 rings (SSSR count). The van der Waals surface area contributed by atoms with Crippen molar-refractivity contribution in [2.75, 3.05) is 13.6 Å². The van der Waals surface area contributed by atoms with Crippen molar-refractivity contribution in [2.45, 2.75) is 58.0 Å². The zero-order valence-electron chi connectivity index (χ0n) is 16.9. The number of rotatable bonds is 1. The summed E-state index contributed by atoms with van der Waals surface area (Å²) in [4.78, 5) is 2.47. The molecule has 0 radical (unpaired) electrons. The Morgan fingerprint density at radius 2 is 1.78 bits per heavy atom. The van der Waals surface area contributed by atoms with Crippen LogP contribution in [0.15, 0.2) is 42.5 Å². The van der Waals surface area contributed by atoms with Crippen molar-refractivity contribution in [1.82, 2.24) is 9.47 Å². The Morgan fingerprint density at radius 3 is 2.59 bits per heavy atom. The van der Waals surface area contributed by atoms with Crippen molar-refractivity contribution in [2.24, 2.45) is 0 Å². The minimum absolute atomic E-state index is 0.248. The van der Waals surface area contributed by atoms with Gasteiger partial charge < -0.3 is 9.47 Å². The van der Waals surface area contributed by atoms with E-state index in [1.165, 1.54) is 54.3 Å². The lowest BCUT2D eigenvalue weighted by Crippen LogP contribution is -2.29. The lowest BCUT2D eigenvalue weighted by molar-refractivity contribution is 0.305. The molecule has 2 aromatic carbocycles. The van der Waals surface area contributed by atoms with E-state index in [2.05, 4.69) is 72.8 Å². The number of benzene rings is 2. The van der Waals surface area contributed by atoms with Gasteiger partial charge in [-0.1, -0.05) is 48.9 Å². The lowest BCUT2D eigenvalue weighted by Gasteiger charge is -2.33. The Hall–Kier alpha value is -2.06. The average Bonchev–Trinajstić information content (AvgIpc) is 2.97. The summed E-state index contributed by atoms with van der Waals surface area (Å²) in [6, 6.07) is 16.1. The van der Waals surface area contributed by atoms with Crippen LogP contribution in [0.1, 0.15) is 47.7 Å². The molecule has 140 valence electrons. The summed E-state index contributed by atoms with van der Waals surface area (Å²) in [5.74, 6) is 0. The molecule has 2 heteroatoms. The Balaban J connectivity index is 1.67. The number of aryl methyl sites for hydroxylation is 3. The fourth-order valence-corrected chi connectivity index (χ4v) is 5.42. The molecule has 0 amide bonds. The number of fused-ring (bicyclic) bond motifs is 3. The molecule has 2 aliphatic rings. The van der Waals surface area contributed by atoms with E-state index in [4.69, 9.17) is 0 Å². The van der Waals surface area contributed by atoms with Gasteiger partial charge in [0.05, 0.1) is 5.52 Å². The molecule has 0 saturated heterocycles. The van der Waals surface area contributed by atoms with Crippen LogP contribution in [0.5, 0.6) is 0 Å². The standard InChI is InChI=1S/C25H30N2/c1-18-15-19-9-11-25(2,20-7-5-4-6-8-20)12-14-27-23-10-13-26(3)17-22(23)21(16-18)24(19)27/h4-8,15-16H,9-14,17H2,1-3H3. The molecule has 0 spiro atoms. The maximum absolute atomic E-state index is 2.70. The fraction of sp³-hybridized carbons (Fsp3) is 0.440. The number of hydrogen-bond donors (Lipinski definition) is 0. The molecule has 0 saturated carbocycles. The largest absolute Gasteiger partial charge is 0.344 e. The minimum Gasteiger partial charge on any atom is -0.344 e. The molecule has 1 aromatic heterocycles. The van der Waals surface area contributed by atoms with Gasteiger partial charge in [0.1, 0.15) is 0 Å².